The minimum Gasteiger partial charge on any atom is -0.398 e. The molecule has 0 radical (unpaired) electrons. The van der Waals surface area contributed by atoms with Gasteiger partial charge in [0, 0.05) is 11.4 Å². The van der Waals surface area contributed by atoms with Crippen LogP contribution in [0.3, 0.4) is 0 Å². The van der Waals surface area contributed by atoms with E-state index in [-0.39, 0.29) is 20.7 Å². The van der Waals surface area contributed by atoms with Crippen molar-refractivity contribution in [1.29, 1.82) is 0 Å². The van der Waals surface area contributed by atoms with Gasteiger partial charge in [0.25, 0.3) is 21.8 Å². The minimum absolute atomic E-state index is 0.0619. The molecule has 0 saturated heterocycles. The van der Waals surface area contributed by atoms with E-state index in [2.05, 4.69) is 48.1 Å². The molecule has 8 nitrogen and oxygen atoms in total. The van der Waals surface area contributed by atoms with Gasteiger partial charge in [-0.2, -0.15) is 0 Å². The van der Waals surface area contributed by atoms with E-state index >= 15 is 0 Å². The first-order chi connectivity index (χ1) is 18.8. The zero-order valence-corrected chi connectivity index (χ0v) is 26.1. The summed E-state index contributed by atoms with van der Waals surface area (Å²) in [5, 5.41) is 8.10. The average molecular weight is 603 g/mol. The van der Waals surface area contributed by atoms with Gasteiger partial charge in [-0.05, 0) is 81.2 Å². The summed E-state index contributed by atoms with van der Waals surface area (Å²) < 4.78 is 32.8. The maximum atomic E-state index is 12.9. The second-order valence-corrected chi connectivity index (χ2v) is 12.5. The van der Waals surface area contributed by atoms with Crippen LogP contribution in [-0.4, -0.2) is 19.5 Å². The summed E-state index contributed by atoms with van der Waals surface area (Å²) >= 11 is 7.03. The van der Waals surface area contributed by atoms with Crippen LogP contribution in [0.25, 0.3) is 0 Å². The number of carbonyl (C=O) groups excluding carboxylic acids is 1. The summed E-state index contributed by atoms with van der Waals surface area (Å²) in [6.45, 7) is 13.8. The highest BCUT2D eigenvalue weighted by Crippen LogP contribution is 2.31. The van der Waals surface area contributed by atoms with Gasteiger partial charge in [0.1, 0.15) is 20.5 Å². The zero-order chi connectivity index (χ0) is 29.8. The van der Waals surface area contributed by atoms with Crippen molar-refractivity contribution in [3.8, 4) is 0 Å². The number of carbonyl (C=O) groups is 1. The molecule has 0 spiro atoms. The topological polar surface area (TPSA) is 127 Å². The number of hydrogen-bond donors (Lipinski definition) is 3. The summed E-state index contributed by atoms with van der Waals surface area (Å²) in [4.78, 5) is 12.8. The van der Waals surface area contributed by atoms with Crippen molar-refractivity contribution in [2.45, 2.75) is 66.2 Å². The molecule has 0 aliphatic rings. The first-order valence-electron chi connectivity index (χ1n) is 12.8. The molecule has 2 aromatic carbocycles. The monoisotopic (exact) mass is 602 g/mol. The Morgan fingerprint density at radius 3 is 2.17 bits per heavy atom. The van der Waals surface area contributed by atoms with Crippen LogP contribution in [0.1, 0.15) is 62.6 Å². The van der Waals surface area contributed by atoms with Crippen LogP contribution < -0.4 is 15.8 Å². The third-order valence-corrected chi connectivity index (χ3v) is 9.18. The molecule has 0 aliphatic heterocycles. The number of nitrogens with two attached hydrogens (primary N) is 1. The van der Waals surface area contributed by atoms with Gasteiger partial charge in [-0.3, -0.25) is 4.79 Å². The van der Waals surface area contributed by atoms with E-state index in [4.69, 9.17) is 21.9 Å². The zero-order valence-electron chi connectivity index (χ0n) is 23.7. The molecule has 1 amide bonds. The first kappa shape index (κ1) is 31.2. The van der Waals surface area contributed by atoms with Gasteiger partial charge in [-0.15, -0.1) is 11.3 Å². The summed E-state index contributed by atoms with van der Waals surface area (Å²) in [5.74, 6) is -0.689. The Hall–Kier alpha value is -3.34. The fourth-order valence-electron chi connectivity index (χ4n) is 4.32. The third kappa shape index (κ3) is 7.04. The van der Waals surface area contributed by atoms with Crippen molar-refractivity contribution >= 4 is 56.1 Å². The molecule has 0 fully saturated rings. The molecule has 2 aromatic heterocycles. The molecule has 4 aromatic rings. The Morgan fingerprint density at radius 2 is 1.60 bits per heavy atom. The van der Waals surface area contributed by atoms with Gasteiger partial charge in [0.05, 0.1) is 0 Å². The van der Waals surface area contributed by atoms with Crippen molar-refractivity contribution < 1.29 is 17.7 Å². The van der Waals surface area contributed by atoms with E-state index in [1.54, 1.807) is 12.3 Å². The van der Waals surface area contributed by atoms with Crippen LogP contribution in [0, 0.1) is 34.6 Å². The van der Waals surface area contributed by atoms with E-state index in [9.17, 15) is 13.2 Å². The number of sulfonamides is 1. The molecule has 0 atom stereocenters. The normalized spacial score (nSPS) is 11.1. The highest BCUT2D eigenvalue weighted by Gasteiger charge is 2.27. The SMILES string of the molecule is CCc1cc(C)cc(C)c1N.CCc1cc(C)cc(C)c1NC(=O)c1sccc1S(=O)(=O)Nc1onc(C)c1Cl. The smallest absolute Gasteiger partial charge is 0.267 e. The molecule has 2 heterocycles. The molecular formula is C29H35ClN4O4S2. The van der Waals surface area contributed by atoms with E-state index in [1.807, 2.05) is 32.9 Å². The summed E-state index contributed by atoms with van der Waals surface area (Å²) in [6, 6.07) is 9.61. The highest BCUT2D eigenvalue weighted by atomic mass is 35.5. The number of hydrogen-bond acceptors (Lipinski definition) is 7. The molecule has 4 N–H and O–H groups in total. The number of aryl methyl sites for hydroxylation is 7. The van der Waals surface area contributed by atoms with E-state index in [0.717, 1.165) is 46.6 Å². The van der Waals surface area contributed by atoms with Crippen molar-refractivity contribution in [3.63, 3.8) is 0 Å². The number of halogens is 1. The first-order valence-corrected chi connectivity index (χ1v) is 15.5. The number of nitrogens with one attached hydrogen (secondary N) is 2. The second kappa shape index (κ2) is 12.9. The number of aromatic nitrogens is 1. The lowest BCUT2D eigenvalue weighted by molar-refractivity contribution is 0.102. The number of anilines is 3. The van der Waals surface area contributed by atoms with Gasteiger partial charge < -0.3 is 15.6 Å². The fourth-order valence-corrected chi connectivity index (χ4v) is 6.81. The molecule has 0 saturated carbocycles. The lowest BCUT2D eigenvalue weighted by Crippen LogP contribution is -2.19. The standard InChI is InChI=1S/C19H20ClN3O4S2.C10H15N/c1-5-13-9-10(2)8-11(3)16(13)21-18(24)17-14(6-7-28-17)29(25,26)23-19-15(20)12(4)22-27-19;1-4-9-6-7(2)5-8(3)10(9)11/h6-9,23H,5H2,1-4H3,(H,21,24);5-6H,4,11H2,1-3H3. The Bertz CT molecular complexity index is 1640. The van der Waals surface area contributed by atoms with Crippen LogP contribution in [0.4, 0.5) is 17.3 Å². The Morgan fingerprint density at radius 1 is 1.00 bits per heavy atom. The summed E-state index contributed by atoms with van der Waals surface area (Å²) in [6.07, 6.45) is 1.76. The molecule has 0 bridgehead atoms. The van der Waals surface area contributed by atoms with E-state index < -0.39 is 15.9 Å². The number of rotatable bonds is 7. The molecular weight excluding hydrogens is 568 g/mol. The van der Waals surface area contributed by atoms with Crippen molar-refractivity contribution in [2.24, 2.45) is 0 Å². The molecule has 11 heteroatoms. The maximum Gasteiger partial charge on any atom is 0.267 e. The number of benzene rings is 2. The number of amides is 1. The number of thiophene rings is 1. The molecule has 4 rings (SSSR count). The lowest BCUT2D eigenvalue weighted by Gasteiger charge is -2.14. The minimum atomic E-state index is -4.10. The van der Waals surface area contributed by atoms with E-state index in [1.165, 1.54) is 22.8 Å². The van der Waals surface area contributed by atoms with Crippen LogP contribution >= 0.6 is 22.9 Å². The van der Waals surface area contributed by atoms with Gasteiger partial charge in [-0.25, -0.2) is 13.1 Å². The van der Waals surface area contributed by atoms with Gasteiger partial charge >= 0.3 is 0 Å². The predicted molar refractivity (Wildman–Crippen MR) is 164 cm³/mol. The van der Waals surface area contributed by atoms with E-state index in [0.29, 0.717) is 11.4 Å². The van der Waals surface area contributed by atoms with Crippen LogP contribution in [-0.2, 0) is 22.9 Å². The Balaban J connectivity index is 0.000000336. The summed E-state index contributed by atoms with van der Waals surface area (Å²) in [5.41, 5.74) is 14.6. The summed E-state index contributed by atoms with van der Waals surface area (Å²) in [7, 11) is -4.10. The Labute approximate surface area is 245 Å². The number of nitrogen functional groups attached to an aromatic ring is 1. The quantitative estimate of drug-likeness (QED) is 0.189. The second-order valence-electron chi connectivity index (χ2n) is 9.56. The largest absolute Gasteiger partial charge is 0.398 e. The molecule has 40 heavy (non-hydrogen) atoms. The van der Waals surface area contributed by atoms with Gasteiger partial charge in [0.2, 0.25) is 0 Å². The van der Waals surface area contributed by atoms with Crippen molar-refractivity contribution in [1.82, 2.24) is 5.16 Å². The van der Waals surface area contributed by atoms with Crippen molar-refractivity contribution in [2.75, 3.05) is 15.8 Å². The lowest BCUT2D eigenvalue weighted by atomic mass is 10.0. The molecule has 0 unspecified atom stereocenters. The van der Waals surface area contributed by atoms with Gasteiger partial charge in [-0.1, -0.05) is 66.0 Å². The van der Waals surface area contributed by atoms with Crippen LogP contribution in [0.5, 0.6) is 0 Å². The number of nitrogens with zero attached hydrogens (tertiary/aromatic N) is 1. The predicted octanol–water partition coefficient (Wildman–Crippen LogP) is 7.38. The maximum absolute atomic E-state index is 12.9. The Kier molecular flexibility index (Phi) is 10.0. The highest BCUT2D eigenvalue weighted by molar-refractivity contribution is 7.93. The average Bonchev–Trinajstić information content (AvgIpc) is 3.51. The van der Waals surface area contributed by atoms with Crippen LogP contribution in [0.2, 0.25) is 5.02 Å². The molecule has 0 aliphatic carbocycles. The van der Waals surface area contributed by atoms with Crippen LogP contribution in [0.15, 0.2) is 45.1 Å². The third-order valence-electron chi connectivity index (χ3n) is 6.32. The van der Waals surface area contributed by atoms with Crippen molar-refractivity contribution in [3.05, 3.63) is 84.7 Å². The molecule has 214 valence electrons. The fraction of sp³-hybridized carbons (Fsp3) is 0.310. The van der Waals surface area contributed by atoms with Gasteiger partial charge in [0.15, 0.2) is 0 Å².